The van der Waals surface area contributed by atoms with E-state index in [0.717, 1.165) is 15.9 Å². The molecule has 0 fully saturated rings. The van der Waals surface area contributed by atoms with Crippen LogP contribution in [0, 0.1) is 0 Å². The summed E-state index contributed by atoms with van der Waals surface area (Å²) in [6.07, 6.45) is -1.05. The number of amides is 2. The first kappa shape index (κ1) is 49.3. The number of tetrazole rings is 1. The van der Waals surface area contributed by atoms with Crippen molar-refractivity contribution >= 4 is 49.0 Å². The lowest BCUT2D eigenvalue weighted by Gasteiger charge is -2.26. The molecule has 7 aromatic rings. The number of carbonyl (C=O) groups excluding carboxylic acids is 2. The van der Waals surface area contributed by atoms with Crippen LogP contribution >= 0.6 is 0 Å². The first-order valence-electron chi connectivity index (χ1n) is 21.2. The number of nitrogens with zero attached hydrogens (tertiary/aromatic N) is 6. The first-order valence-corrected chi connectivity index (χ1v) is 24.1. The number of ether oxygens (including phenoxy) is 4. The molecule has 0 radical (unpaired) electrons. The number of nitrogens with one attached hydrogen (secondary N) is 3. The predicted molar refractivity (Wildman–Crippen MR) is 255 cm³/mol. The summed E-state index contributed by atoms with van der Waals surface area (Å²) in [7, 11) is -5.54. The van der Waals surface area contributed by atoms with E-state index in [1.165, 1.54) is 32.2 Å². The number of rotatable bonds is 19. The first-order chi connectivity index (χ1) is 32.8. The number of benzene rings is 5. The number of carbonyl (C=O) groups is 2. The molecule has 69 heavy (non-hydrogen) atoms. The second-order valence-corrected chi connectivity index (χ2v) is 20.2. The molecule has 0 saturated carbocycles. The maximum atomic E-state index is 16.1. The summed E-state index contributed by atoms with van der Waals surface area (Å²) in [5.74, 6) is 0.330. The fourth-order valence-electron chi connectivity index (χ4n) is 7.22. The van der Waals surface area contributed by atoms with Crippen LogP contribution in [0.2, 0.25) is 0 Å². The van der Waals surface area contributed by atoms with Crippen molar-refractivity contribution < 1.29 is 45.4 Å². The minimum atomic E-state index is -5.07. The number of imidazole rings is 1. The van der Waals surface area contributed by atoms with Crippen molar-refractivity contribution in [2.45, 2.75) is 61.8 Å². The van der Waals surface area contributed by atoms with E-state index in [2.05, 4.69) is 35.4 Å². The van der Waals surface area contributed by atoms with Crippen LogP contribution in [0.1, 0.15) is 37.5 Å². The summed E-state index contributed by atoms with van der Waals surface area (Å²) in [6.45, 7) is 3.49. The van der Waals surface area contributed by atoms with E-state index in [1.54, 1.807) is 112 Å². The minimum absolute atomic E-state index is 0.0629. The van der Waals surface area contributed by atoms with Crippen molar-refractivity contribution in [3.05, 3.63) is 120 Å². The molecular weight excluding hydrogens is 931 g/mol. The zero-order valence-electron chi connectivity index (χ0n) is 38.5. The summed E-state index contributed by atoms with van der Waals surface area (Å²) in [5, 5.41) is 15.6. The van der Waals surface area contributed by atoms with Gasteiger partial charge in [0, 0.05) is 25.2 Å². The molecule has 2 amide bonds. The average Bonchev–Trinajstić information content (AvgIpc) is 3.95. The van der Waals surface area contributed by atoms with Gasteiger partial charge in [-0.15, -0.1) is 10.2 Å². The molecule has 1 unspecified atom stereocenters. The summed E-state index contributed by atoms with van der Waals surface area (Å²) >= 11 is 0. The van der Waals surface area contributed by atoms with E-state index in [0.29, 0.717) is 45.0 Å². The number of anilines is 1. The maximum absolute atomic E-state index is 16.1. The van der Waals surface area contributed by atoms with E-state index in [-0.39, 0.29) is 42.5 Å². The normalized spacial score (nSPS) is 12.4. The molecule has 23 heteroatoms. The fraction of sp³-hybridized carbons (Fsp3) is 0.261. The maximum Gasteiger partial charge on any atom is 0.408 e. The fourth-order valence-corrected chi connectivity index (χ4v) is 10.7. The number of methoxy groups -OCH3 is 3. The topological polar surface area (TPSA) is 291 Å². The highest BCUT2D eigenvalue weighted by Crippen LogP contribution is 2.43. The van der Waals surface area contributed by atoms with Gasteiger partial charge in [-0.1, -0.05) is 54.6 Å². The summed E-state index contributed by atoms with van der Waals surface area (Å²) in [4.78, 5) is 32.6. The Morgan fingerprint density at radius 3 is 1.88 bits per heavy atom. The number of primary amides is 1. The van der Waals surface area contributed by atoms with Gasteiger partial charge in [0.05, 0.1) is 44.5 Å². The summed E-state index contributed by atoms with van der Waals surface area (Å²) in [6, 6.07) is 26.4. The summed E-state index contributed by atoms with van der Waals surface area (Å²) in [5.41, 5.74) is 13.6. The number of aromatic nitrogens is 6. The van der Waals surface area contributed by atoms with Crippen molar-refractivity contribution in [1.82, 2.24) is 44.5 Å². The Balaban J connectivity index is 1.48. The monoisotopic (exact) mass is 981 g/mol. The SMILES string of the molecule is COc1ccc(CN(Cc2ccc(OC)cc2)S(=O)(=O)c2c(S(=O)(=O)NCC(NC(=O)OC(C)(C)C)C(N)=O)ccc(-c3cccc4[nH]c(N)nc34)c2-c2nnn(Cc3ccc(OC)cc3)n2)cc1. The highest BCUT2D eigenvalue weighted by Gasteiger charge is 2.39. The number of H-pyrrole nitrogens is 1. The van der Waals surface area contributed by atoms with E-state index >= 15 is 8.42 Å². The molecule has 7 N–H and O–H groups in total. The predicted octanol–water partition coefficient (Wildman–Crippen LogP) is 4.59. The van der Waals surface area contributed by atoms with Crippen LogP contribution in [0.3, 0.4) is 0 Å². The Labute approximate surface area is 398 Å². The highest BCUT2D eigenvalue weighted by molar-refractivity contribution is 7.92. The van der Waals surface area contributed by atoms with Crippen molar-refractivity contribution in [2.75, 3.05) is 33.6 Å². The lowest BCUT2D eigenvalue weighted by molar-refractivity contribution is -0.119. The van der Waals surface area contributed by atoms with Gasteiger partial charge in [0.25, 0.3) is 0 Å². The largest absolute Gasteiger partial charge is 0.497 e. The molecule has 0 aliphatic rings. The molecular formula is C46H51N11O10S2. The molecule has 0 bridgehead atoms. The Morgan fingerprint density at radius 1 is 0.783 bits per heavy atom. The molecule has 2 heterocycles. The Hall–Kier alpha value is -7.60. The third kappa shape index (κ3) is 11.6. The second-order valence-electron chi connectivity index (χ2n) is 16.6. The third-order valence-electron chi connectivity index (χ3n) is 10.5. The highest BCUT2D eigenvalue weighted by atomic mass is 32.2. The van der Waals surface area contributed by atoms with Crippen LogP contribution in [-0.4, -0.2) is 103 Å². The van der Waals surface area contributed by atoms with E-state index in [1.807, 2.05) is 0 Å². The number of nitrogen functional groups attached to an aromatic ring is 1. The number of sulfonamides is 2. The number of alkyl carbamates (subject to hydrolysis) is 1. The van der Waals surface area contributed by atoms with Crippen molar-refractivity contribution in [2.24, 2.45) is 5.73 Å². The van der Waals surface area contributed by atoms with Gasteiger partial charge < -0.3 is 40.7 Å². The lowest BCUT2D eigenvalue weighted by atomic mass is 9.98. The van der Waals surface area contributed by atoms with Gasteiger partial charge in [-0.3, -0.25) is 4.79 Å². The van der Waals surface area contributed by atoms with Crippen LogP contribution in [0.15, 0.2) is 113 Å². The van der Waals surface area contributed by atoms with Gasteiger partial charge in [0.1, 0.15) is 38.7 Å². The number of aromatic amines is 1. The van der Waals surface area contributed by atoms with Crippen molar-refractivity contribution in [3.63, 3.8) is 0 Å². The van der Waals surface area contributed by atoms with E-state index < -0.39 is 60.0 Å². The van der Waals surface area contributed by atoms with Gasteiger partial charge in [-0.05, 0) is 96.8 Å². The number of hydrogen-bond donors (Lipinski definition) is 5. The Kier molecular flexibility index (Phi) is 14.5. The smallest absolute Gasteiger partial charge is 0.408 e. The van der Waals surface area contributed by atoms with Crippen LogP contribution in [0.5, 0.6) is 17.2 Å². The lowest BCUT2D eigenvalue weighted by Crippen LogP contribution is -2.52. The number of hydrogen-bond acceptors (Lipinski definition) is 15. The molecule has 21 nitrogen and oxygen atoms in total. The number of para-hydroxylation sites is 1. The molecule has 0 saturated heterocycles. The standard InChI is InChI=1S/C46H51N11O10S2/c1-46(2,3)67-45(59)51-37(42(47)58)24-49-68(60,61)38-23-22-34(35-8-7-9-36-40(35)52-44(48)50-36)39(43-53-55-57(54-43)27-30-14-20-33(66-6)21-15-30)41(38)69(62,63)56(25-28-10-16-31(64-4)17-11-28)26-29-12-18-32(65-5)19-13-29/h7-23,37,49H,24-27H2,1-6H3,(H2,47,58)(H,51,59)(H3,48,50,52). The van der Waals surface area contributed by atoms with E-state index in [9.17, 15) is 18.0 Å². The van der Waals surface area contributed by atoms with Crippen LogP contribution in [0.25, 0.3) is 33.5 Å². The van der Waals surface area contributed by atoms with Crippen LogP contribution in [-0.2, 0) is 49.2 Å². The van der Waals surface area contributed by atoms with E-state index in [4.69, 9.17) is 30.4 Å². The molecule has 2 aromatic heterocycles. The van der Waals surface area contributed by atoms with Gasteiger partial charge in [0.15, 0.2) is 5.95 Å². The molecule has 5 aromatic carbocycles. The molecule has 0 aliphatic heterocycles. The number of nitrogens with two attached hydrogens (primary N) is 2. The molecule has 362 valence electrons. The average molecular weight is 982 g/mol. The van der Waals surface area contributed by atoms with Crippen LogP contribution in [0.4, 0.5) is 10.7 Å². The van der Waals surface area contributed by atoms with Crippen molar-refractivity contribution in [1.29, 1.82) is 0 Å². The van der Waals surface area contributed by atoms with Gasteiger partial charge in [-0.25, -0.2) is 31.3 Å². The molecule has 1 atom stereocenters. The number of fused-ring (bicyclic) bond motifs is 1. The van der Waals surface area contributed by atoms with Gasteiger partial charge >= 0.3 is 6.09 Å². The third-order valence-corrected chi connectivity index (χ3v) is 14.0. The Morgan fingerprint density at radius 2 is 1.35 bits per heavy atom. The zero-order chi connectivity index (χ0) is 49.7. The molecule has 0 spiro atoms. The second kappa shape index (κ2) is 20.3. The van der Waals surface area contributed by atoms with Crippen LogP contribution < -0.4 is 35.7 Å². The molecule has 0 aliphatic carbocycles. The van der Waals surface area contributed by atoms with Crippen molar-refractivity contribution in [3.8, 4) is 39.8 Å². The zero-order valence-corrected chi connectivity index (χ0v) is 40.1. The van der Waals surface area contributed by atoms with Gasteiger partial charge in [0.2, 0.25) is 31.8 Å². The summed E-state index contributed by atoms with van der Waals surface area (Å²) < 4.78 is 86.8. The minimum Gasteiger partial charge on any atom is -0.497 e. The van der Waals surface area contributed by atoms with Gasteiger partial charge in [-0.2, -0.15) is 9.10 Å². The Bertz CT molecular complexity index is 3140. The quantitative estimate of drug-likeness (QED) is 0.0741. The molecule has 7 rings (SSSR count).